The lowest BCUT2D eigenvalue weighted by atomic mass is 9.89. The molecule has 0 unspecified atom stereocenters. The Kier molecular flexibility index (Phi) is 7.02. The topological polar surface area (TPSA) is 43.8 Å². The van der Waals surface area contributed by atoms with Gasteiger partial charge in [0.2, 0.25) is 5.91 Å². The van der Waals surface area contributed by atoms with Crippen molar-refractivity contribution >= 4 is 23.1 Å². The van der Waals surface area contributed by atoms with Gasteiger partial charge in [-0.05, 0) is 36.0 Å². The van der Waals surface area contributed by atoms with Crippen LogP contribution in [0.15, 0.2) is 78.0 Å². The van der Waals surface area contributed by atoms with Gasteiger partial charge in [-0.25, -0.2) is 0 Å². The van der Waals surface area contributed by atoms with Crippen molar-refractivity contribution in [2.45, 2.75) is 37.7 Å². The molecule has 0 aliphatic carbocycles. The van der Waals surface area contributed by atoms with Crippen LogP contribution >= 0.6 is 11.6 Å². The Morgan fingerprint density at radius 3 is 2.34 bits per heavy atom. The van der Waals surface area contributed by atoms with Crippen molar-refractivity contribution in [3.05, 3.63) is 89.1 Å². The summed E-state index contributed by atoms with van der Waals surface area (Å²) >= 11 is 6.46. The van der Waals surface area contributed by atoms with Gasteiger partial charge in [0.15, 0.2) is 0 Å². The highest BCUT2D eigenvalue weighted by molar-refractivity contribution is 6.37. The normalized spacial score (nSPS) is 19.2. The molecule has 0 spiro atoms. The molecule has 168 valence electrons. The molecule has 32 heavy (non-hydrogen) atoms. The second kappa shape index (κ2) is 9.93. The zero-order valence-corrected chi connectivity index (χ0v) is 19.3. The van der Waals surface area contributed by atoms with Gasteiger partial charge in [0.05, 0.1) is 5.60 Å². The third-order valence-electron chi connectivity index (χ3n) is 6.55. The summed E-state index contributed by atoms with van der Waals surface area (Å²) in [5.74, 6) is 0.360. The molecule has 1 amide bonds. The van der Waals surface area contributed by atoms with Crippen LogP contribution in [0.25, 0.3) is 5.57 Å². The minimum absolute atomic E-state index is 0.169. The molecule has 1 N–H and O–H groups in total. The Morgan fingerprint density at radius 1 is 1.06 bits per heavy atom. The van der Waals surface area contributed by atoms with Gasteiger partial charge in [-0.15, -0.1) is 0 Å². The highest BCUT2D eigenvalue weighted by Crippen LogP contribution is 2.32. The molecule has 2 aliphatic heterocycles. The van der Waals surface area contributed by atoms with Crippen molar-refractivity contribution in [2.75, 3.05) is 26.2 Å². The van der Waals surface area contributed by atoms with Crippen LogP contribution in [0.1, 0.15) is 43.2 Å². The summed E-state index contributed by atoms with van der Waals surface area (Å²) in [5.41, 5.74) is 2.42. The maximum Gasteiger partial charge on any atom is 0.223 e. The lowest BCUT2D eigenvalue weighted by molar-refractivity contribution is -0.136. The Morgan fingerprint density at radius 2 is 1.69 bits per heavy atom. The zero-order valence-electron chi connectivity index (χ0n) is 18.6. The average Bonchev–Trinajstić information content (AvgIpc) is 2.81. The van der Waals surface area contributed by atoms with Gasteiger partial charge in [-0.1, -0.05) is 79.2 Å². The van der Waals surface area contributed by atoms with Crippen LogP contribution in [0.5, 0.6) is 0 Å². The molecule has 1 saturated heterocycles. The minimum atomic E-state index is -0.808. The Labute approximate surface area is 195 Å². The summed E-state index contributed by atoms with van der Waals surface area (Å²) in [7, 11) is 0. The number of hydrogen-bond acceptors (Lipinski definition) is 3. The Balaban J connectivity index is 1.33. The molecule has 0 bridgehead atoms. The Bertz CT molecular complexity index is 979. The number of β-amino-alcohol motifs (C(OH)–C–C–N with tert-alkyl or cyclic N) is 1. The van der Waals surface area contributed by atoms with Crippen LogP contribution in [-0.2, 0) is 4.79 Å². The molecule has 2 heterocycles. The van der Waals surface area contributed by atoms with Gasteiger partial charge < -0.3 is 14.9 Å². The van der Waals surface area contributed by atoms with Crippen molar-refractivity contribution in [2.24, 2.45) is 0 Å². The van der Waals surface area contributed by atoms with Gasteiger partial charge in [-0.3, -0.25) is 4.79 Å². The molecule has 0 aromatic heterocycles. The molecule has 2 aromatic carbocycles. The zero-order chi connectivity index (χ0) is 22.6. The van der Waals surface area contributed by atoms with E-state index >= 15 is 0 Å². The predicted octanol–water partition coefficient (Wildman–Crippen LogP) is 5.01. The van der Waals surface area contributed by atoms with Gasteiger partial charge in [0.25, 0.3) is 0 Å². The fourth-order valence-electron chi connectivity index (χ4n) is 4.54. The van der Waals surface area contributed by atoms with Crippen molar-refractivity contribution in [1.82, 2.24) is 9.80 Å². The molecule has 4 nitrogen and oxygen atoms in total. The van der Waals surface area contributed by atoms with Crippen LogP contribution in [0.2, 0.25) is 0 Å². The van der Waals surface area contributed by atoms with Crippen molar-refractivity contribution in [3.63, 3.8) is 0 Å². The van der Waals surface area contributed by atoms with E-state index in [2.05, 4.69) is 30.2 Å². The van der Waals surface area contributed by atoms with Crippen molar-refractivity contribution < 1.29 is 9.90 Å². The van der Waals surface area contributed by atoms with Gasteiger partial charge in [0.1, 0.15) is 0 Å². The number of rotatable bonds is 6. The second-order valence-corrected chi connectivity index (χ2v) is 9.42. The molecular weight excluding hydrogens is 420 g/mol. The Hall–Kier alpha value is -2.56. The molecule has 1 atom stereocenters. The van der Waals surface area contributed by atoms with Gasteiger partial charge >= 0.3 is 0 Å². The molecule has 5 heteroatoms. The molecule has 2 aliphatic rings. The van der Waals surface area contributed by atoms with E-state index in [1.807, 2.05) is 59.5 Å². The highest BCUT2D eigenvalue weighted by Gasteiger charge is 2.35. The number of carbonyl (C=O) groups excluding carboxylic acids is 1. The number of aliphatic hydroxyl groups is 1. The largest absolute Gasteiger partial charge is 0.388 e. The van der Waals surface area contributed by atoms with E-state index in [0.717, 1.165) is 16.2 Å². The second-order valence-electron chi connectivity index (χ2n) is 9.01. The maximum absolute atomic E-state index is 12.8. The smallest absolute Gasteiger partial charge is 0.223 e. The number of hydrogen-bond donors (Lipinski definition) is 1. The highest BCUT2D eigenvalue weighted by atomic mass is 35.5. The molecular formula is C27H31ClN2O2. The number of likely N-dealkylation sites (tertiary alicyclic amines) is 1. The standard InChI is InChI=1S/C27H31ClN2O2/c1-21(22-8-4-2-5-9-22)18-26(31)30-16-13-27(32,14-17-30)20-29-15-12-25(28)24(19-29)23-10-6-3-7-11-23/h2-12,19,21,32H,13-18,20H2,1H3/t21-/m1/s1. The van der Waals surface area contributed by atoms with E-state index < -0.39 is 5.60 Å². The predicted molar refractivity (Wildman–Crippen MR) is 130 cm³/mol. The number of amides is 1. The third kappa shape index (κ3) is 5.43. The van der Waals surface area contributed by atoms with Gasteiger partial charge in [0, 0.05) is 49.4 Å². The maximum atomic E-state index is 12.8. The van der Waals surface area contributed by atoms with Crippen molar-refractivity contribution in [3.8, 4) is 0 Å². The van der Waals surface area contributed by atoms with E-state index in [-0.39, 0.29) is 11.8 Å². The summed E-state index contributed by atoms with van der Waals surface area (Å²) in [4.78, 5) is 16.9. The van der Waals surface area contributed by atoms with E-state index in [1.54, 1.807) is 0 Å². The fourth-order valence-corrected chi connectivity index (χ4v) is 4.77. The first kappa shape index (κ1) is 22.6. The van der Waals surface area contributed by atoms with E-state index in [0.29, 0.717) is 45.4 Å². The SMILES string of the molecule is C[C@H](CC(=O)N1CCC(O)(CN2C=C(c3ccccc3)C(Cl)=CC2)CC1)c1ccccc1. The molecule has 4 rings (SSSR count). The van der Waals surface area contributed by atoms with E-state index in [4.69, 9.17) is 11.6 Å². The first-order valence-corrected chi connectivity index (χ1v) is 11.7. The average molecular weight is 451 g/mol. The number of benzene rings is 2. The van der Waals surface area contributed by atoms with Gasteiger partial charge in [-0.2, -0.15) is 0 Å². The third-order valence-corrected chi connectivity index (χ3v) is 6.91. The summed E-state index contributed by atoms with van der Waals surface area (Å²) in [6.07, 6.45) is 5.72. The van der Waals surface area contributed by atoms with Crippen molar-refractivity contribution in [1.29, 1.82) is 0 Å². The van der Waals surface area contributed by atoms with E-state index in [1.165, 1.54) is 5.56 Å². The van der Waals surface area contributed by atoms with Crippen LogP contribution in [0.4, 0.5) is 0 Å². The van der Waals surface area contributed by atoms with Crippen LogP contribution in [-0.4, -0.2) is 52.6 Å². The fraction of sp³-hybridized carbons (Fsp3) is 0.370. The molecule has 0 saturated carbocycles. The molecule has 1 fully saturated rings. The first-order chi connectivity index (χ1) is 15.4. The minimum Gasteiger partial charge on any atom is -0.388 e. The molecule has 2 aromatic rings. The summed E-state index contributed by atoms with van der Waals surface area (Å²) in [6.45, 7) is 4.49. The number of carbonyl (C=O) groups is 1. The summed E-state index contributed by atoms with van der Waals surface area (Å²) in [6, 6.07) is 20.2. The van der Waals surface area contributed by atoms with Crippen LogP contribution in [0, 0.1) is 0 Å². The quantitative estimate of drug-likeness (QED) is 0.672. The monoisotopic (exact) mass is 450 g/mol. The summed E-state index contributed by atoms with van der Waals surface area (Å²) in [5, 5.41) is 12.0. The van der Waals surface area contributed by atoms with Crippen LogP contribution in [0.3, 0.4) is 0 Å². The van der Waals surface area contributed by atoms with Crippen LogP contribution < -0.4 is 0 Å². The van der Waals surface area contributed by atoms with E-state index in [9.17, 15) is 9.90 Å². The number of allylic oxidation sites excluding steroid dienone is 2. The lowest BCUT2D eigenvalue weighted by Gasteiger charge is -2.41. The first-order valence-electron chi connectivity index (χ1n) is 11.4. The summed E-state index contributed by atoms with van der Waals surface area (Å²) < 4.78 is 0. The number of halogens is 1. The number of nitrogens with zero attached hydrogens (tertiary/aromatic N) is 2. The molecule has 0 radical (unpaired) electrons. The number of piperidine rings is 1. The lowest BCUT2D eigenvalue weighted by Crippen LogP contribution is -2.51.